The van der Waals surface area contributed by atoms with E-state index in [1.807, 2.05) is 13.8 Å². The van der Waals surface area contributed by atoms with E-state index < -0.39 is 6.09 Å². The van der Waals surface area contributed by atoms with Crippen LogP contribution in [0.15, 0.2) is 12.1 Å². The molecule has 5 heteroatoms. The minimum atomic E-state index is -0.542. The van der Waals surface area contributed by atoms with E-state index in [9.17, 15) is 4.79 Å². The van der Waals surface area contributed by atoms with Gasteiger partial charge in [-0.25, -0.2) is 4.79 Å². The van der Waals surface area contributed by atoms with Gasteiger partial charge in [-0.3, -0.25) is 5.32 Å². The van der Waals surface area contributed by atoms with Gasteiger partial charge in [-0.1, -0.05) is 5.92 Å². The molecule has 0 spiro atoms. The second-order valence-electron chi connectivity index (χ2n) is 4.44. The molecule has 0 aliphatic heterocycles. The minimum absolute atomic E-state index is 0.203. The van der Waals surface area contributed by atoms with Crippen LogP contribution in [-0.2, 0) is 4.74 Å². The summed E-state index contributed by atoms with van der Waals surface area (Å²) < 4.78 is 16.1. The molecular weight excluding hydrogens is 270 g/mol. The zero-order chi connectivity index (χ0) is 15.8. The fourth-order valence-electron chi connectivity index (χ4n) is 1.70. The van der Waals surface area contributed by atoms with Crippen molar-refractivity contribution in [1.29, 1.82) is 0 Å². The zero-order valence-electron chi connectivity index (χ0n) is 12.9. The van der Waals surface area contributed by atoms with Crippen LogP contribution in [0.5, 0.6) is 11.5 Å². The number of benzene rings is 1. The van der Waals surface area contributed by atoms with Gasteiger partial charge in [0.05, 0.1) is 24.9 Å². The van der Waals surface area contributed by atoms with Crippen LogP contribution in [0.3, 0.4) is 0 Å². The van der Waals surface area contributed by atoms with E-state index in [-0.39, 0.29) is 6.10 Å². The Morgan fingerprint density at radius 2 is 1.95 bits per heavy atom. The van der Waals surface area contributed by atoms with Crippen LogP contribution < -0.4 is 14.8 Å². The molecule has 0 unspecified atom stereocenters. The number of carbonyl (C=O) groups is 1. The molecule has 1 aromatic rings. The van der Waals surface area contributed by atoms with E-state index in [1.165, 1.54) is 0 Å². The fraction of sp³-hybridized carbons (Fsp3) is 0.438. The van der Waals surface area contributed by atoms with Gasteiger partial charge in [-0.05, 0) is 33.8 Å². The highest BCUT2D eigenvalue weighted by molar-refractivity contribution is 5.86. The molecule has 21 heavy (non-hydrogen) atoms. The lowest BCUT2D eigenvalue weighted by Crippen LogP contribution is -2.18. The van der Waals surface area contributed by atoms with Crippen molar-refractivity contribution < 1.29 is 19.0 Å². The molecular formula is C16H21NO4. The van der Waals surface area contributed by atoms with Gasteiger partial charge in [0.25, 0.3) is 0 Å². The number of hydrogen-bond acceptors (Lipinski definition) is 4. The van der Waals surface area contributed by atoms with E-state index in [0.29, 0.717) is 36.0 Å². The van der Waals surface area contributed by atoms with E-state index in [4.69, 9.17) is 20.6 Å². The summed E-state index contributed by atoms with van der Waals surface area (Å²) in [5.74, 6) is 3.54. The number of terminal acetylenes is 1. The van der Waals surface area contributed by atoms with Crippen LogP contribution in [0, 0.1) is 12.3 Å². The van der Waals surface area contributed by atoms with Crippen molar-refractivity contribution in [2.45, 2.75) is 33.8 Å². The third kappa shape index (κ3) is 4.92. The molecule has 1 amide bonds. The maximum absolute atomic E-state index is 11.6. The van der Waals surface area contributed by atoms with Gasteiger partial charge in [0.15, 0.2) is 11.5 Å². The molecule has 0 saturated carbocycles. The molecule has 0 bridgehead atoms. The topological polar surface area (TPSA) is 56.8 Å². The van der Waals surface area contributed by atoms with E-state index in [2.05, 4.69) is 11.2 Å². The third-order valence-electron chi connectivity index (χ3n) is 2.39. The summed E-state index contributed by atoms with van der Waals surface area (Å²) in [6.45, 7) is 8.20. The summed E-state index contributed by atoms with van der Waals surface area (Å²) in [5.41, 5.74) is 1.02. The Kier molecular flexibility index (Phi) is 6.41. The van der Waals surface area contributed by atoms with Gasteiger partial charge in [0.1, 0.15) is 0 Å². The van der Waals surface area contributed by atoms with Crippen molar-refractivity contribution in [3.05, 3.63) is 17.7 Å². The normalized spacial score (nSPS) is 9.90. The summed E-state index contributed by atoms with van der Waals surface area (Å²) in [6.07, 6.45) is 4.75. The van der Waals surface area contributed by atoms with Crippen LogP contribution in [0.2, 0.25) is 0 Å². The van der Waals surface area contributed by atoms with Crippen LogP contribution >= 0.6 is 0 Å². The molecule has 1 rings (SSSR count). The van der Waals surface area contributed by atoms with E-state index in [1.54, 1.807) is 26.0 Å². The van der Waals surface area contributed by atoms with Crippen molar-refractivity contribution in [1.82, 2.24) is 0 Å². The molecule has 1 aromatic carbocycles. The van der Waals surface area contributed by atoms with Gasteiger partial charge in [-0.2, -0.15) is 0 Å². The first kappa shape index (κ1) is 16.7. The molecule has 5 nitrogen and oxygen atoms in total. The fourth-order valence-corrected chi connectivity index (χ4v) is 1.70. The lowest BCUT2D eigenvalue weighted by atomic mass is 10.1. The Balaban J connectivity index is 3.09. The molecule has 0 heterocycles. The van der Waals surface area contributed by atoms with Gasteiger partial charge < -0.3 is 14.2 Å². The third-order valence-corrected chi connectivity index (χ3v) is 2.39. The Hall–Kier alpha value is -2.35. The first-order chi connectivity index (χ1) is 10.0. The van der Waals surface area contributed by atoms with Crippen molar-refractivity contribution in [2.24, 2.45) is 0 Å². The number of carbonyl (C=O) groups excluding carboxylic acids is 1. The average molecular weight is 291 g/mol. The Morgan fingerprint density at radius 1 is 1.29 bits per heavy atom. The first-order valence-corrected chi connectivity index (χ1v) is 6.89. The first-order valence-electron chi connectivity index (χ1n) is 6.89. The highest BCUT2D eigenvalue weighted by atomic mass is 16.6. The molecule has 0 fully saturated rings. The second kappa shape index (κ2) is 8.05. The van der Waals surface area contributed by atoms with E-state index in [0.717, 1.165) is 0 Å². The molecule has 0 atom stereocenters. The summed E-state index contributed by atoms with van der Waals surface area (Å²) >= 11 is 0. The number of nitrogens with one attached hydrogen (secondary N) is 1. The highest BCUT2D eigenvalue weighted by Gasteiger charge is 2.14. The van der Waals surface area contributed by atoms with Crippen LogP contribution in [0.1, 0.15) is 33.3 Å². The predicted octanol–water partition coefficient (Wildman–Crippen LogP) is 3.42. The molecule has 0 saturated heterocycles. The smallest absolute Gasteiger partial charge is 0.411 e. The zero-order valence-corrected chi connectivity index (χ0v) is 12.9. The summed E-state index contributed by atoms with van der Waals surface area (Å²) in [4.78, 5) is 11.6. The maximum atomic E-state index is 11.6. The number of rotatable bonds is 6. The Bertz CT molecular complexity index is 532. The molecule has 114 valence electrons. The number of amides is 1. The van der Waals surface area contributed by atoms with Crippen molar-refractivity contribution in [2.75, 3.05) is 18.5 Å². The van der Waals surface area contributed by atoms with Crippen molar-refractivity contribution >= 4 is 11.8 Å². The predicted molar refractivity (Wildman–Crippen MR) is 82.0 cm³/mol. The SMILES string of the molecule is C#Cc1cc(NC(=O)OC(C)C)cc(OCC)c1OCC. The van der Waals surface area contributed by atoms with E-state index >= 15 is 0 Å². The average Bonchev–Trinajstić information content (AvgIpc) is 2.40. The lowest BCUT2D eigenvalue weighted by Gasteiger charge is -2.15. The molecule has 0 aromatic heterocycles. The molecule has 0 aliphatic carbocycles. The van der Waals surface area contributed by atoms with Gasteiger partial charge >= 0.3 is 6.09 Å². The monoisotopic (exact) mass is 291 g/mol. The molecule has 1 N–H and O–H groups in total. The second-order valence-corrected chi connectivity index (χ2v) is 4.44. The lowest BCUT2D eigenvalue weighted by molar-refractivity contribution is 0.130. The highest BCUT2D eigenvalue weighted by Crippen LogP contribution is 2.34. The minimum Gasteiger partial charge on any atom is -0.490 e. The quantitative estimate of drug-likeness (QED) is 0.816. The van der Waals surface area contributed by atoms with Crippen molar-refractivity contribution in [3.63, 3.8) is 0 Å². The number of ether oxygens (including phenoxy) is 3. The standard InChI is InChI=1S/C16H21NO4/c1-6-12-9-13(17-16(18)21-11(4)5)10-14(19-7-2)15(12)20-8-3/h1,9-11H,7-8H2,2-5H3,(H,17,18). The number of anilines is 1. The Morgan fingerprint density at radius 3 is 2.48 bits per heavy atom. The largest absolute Gasteiger partial charge is 0.490 e. The Labute approximate surface area is 125 Å². The summed E-state index contributed by atoms with van der Waals surface area (Å²) in [7, 11) is 0. The number of hydrogen-bond donors (Lipinski definition) is 1. The molecule has 0 aliphatic rings. The van der Waals surface area contributed by atoms with Crippen molar-refractivity contribution in [3.8, 4) is 23.8 Å². The summed E-state index contributed by atoms with van der Waals surface area (Å²) in [5, 5.41) is 2.62. The van der Waals surface area contributed by atoms with Crippen LogP contribution in [0.4, 0.5) is 10.5 Å². The maximum Gasteiger partial charge on any atom is 0.411 e. The summed E-state index contributed by atoms with van der Waals surface area (Å²) in [6, 6.07) is 3.31. The van der Waals surface area contributed by atoms with Crippen LogP contribution in [0.25, 0.3) is 0 Å². The molecule has 0 radical (unpaired) electrons. The van der Waals surface area contributed by atoms with Gasteiger partial charge in [-0.15, -0.1) is 6.42 Å². The van der Waals surface area contributed by atoms with Gasteiger partial charge in [0.2, 0.25) is 0 Å². The van der Waals surface area contributed by atoms with Crippen LogP contribution in [-0.4, -0.2) is 25.4 Å². The van der Waals surface area contributed by atoms with Gasteiger partial charge in [0, 0.05) is 11.8 Å².